The lowest BCUT2D eigenvalue weighted by Gasteiger charge is -1.95. The lowest BCUT2D eigenvalue weighted by atomic mass is 10.1. The molecule has 0 N–H and O–H groups in total. The van der Waals surface area contributed by atoms with Gasteiger partial charge in [0.15, 0.2) is 5.58 Å². The summed E-state index contributed by atoms with van der Waals surface area (Å²) in [5, 5.41) is 2.28. The first-order chi connectivity index (χ1) is 6.45. The van der Waals surface area contributed by atoms with Gasteiger partial charge in [-0.15, -0.1) is 0 Å². The molecule has 0 bridgehead atoms. The van der Waals surface area contributed by atoms with E-state index in [4.69, 9.17) is 4.42 Å². The number of para-hydroxylation sites is 1. The van der Waals surface area contributed by atoms with Crippen molar-refractivity contribution in [1.29, 1.82) is 0 Å². The van der Waals surface area contributed by atoms with Crippen molar-refractivity contribution in [2.45, 2.75) is 0 Å². The molecule has 0 aliphatic heterocycles. The number of pyridine rings is 1. The van der Waals surface area contributed by atoms with E-state index in [9.17, 15) is 0 Å². The van der Waals surface area contributed by atoms with Gasteiger partial charge in [-0.1, -0.05) is 18.2 Å². The molecule has 62 valence electrons. The second-order valence-electron chi connectivity index (χ2n) is 2.97. The quantitative estimate of drug-likeness (QED) is 0.517. The molecule has 0 fully saturated rings. The van der Waals surface area contributed by atoms with E-state index in [0.717, 1.165) is 21.9 Å². The normalized spacial score (nSPS) is 11.1. The summed E-state index contributed by atoms with van der Waals surface area (Å²) in [6, 6.07) is 10.0. The molecule has 0 spiro atoms. The maximum atomic E-state index is 5.26. The minimum Gasteiger partial charge on any atom is -0.463 e. The molecule has 0 aliphatic rings. The topological polar surface area (TPSA) is 26.0 Å². The third-order valence-electron chi connectivity index (χ3n) is 2.21. The van der Waals surface area contributed by atoms with Crippen LogP contribution in [0, 0.1) is 0 Å². The third kappa shape index (κ3) is 0.855. The van der Waals surface area contributed by atoms with Crippen molar-refractivity contribution in [1.82, 2.24) is 4.98 Å². The van der Waals surface area contributed by atoms with Crippen LogP contribution in [-0.2, 0) is 0 Å². The van der Waals surface area contributed by atoms with E-state index in [2.05, 4.69) is 11.1 Å². The van der Waals surface area contributed by atoms with Gasteiger partial charge in [0.2, 0.25) is 0 Å². The van der Waals surface area contributed by atoms with Crippen LogP contribution in [0.25, 0.3) is 21.9 Å². The van der Waals surface area contributed by atoms with Crippen molar-refractivity contribution in [2.24, 2.45) is 0 Å². The molecular formula is C11H7NO. The Labute approximate surface area is 74.8 Å². The second kappa shape index (κ2) is 2.33. The molecule has 0 saturated heterocycles. The highest BCUT2D eigenvalue weighted by Crippen LogP contribution is 2.23. The van der Waals surface area contributed by atoms with Gasteiger partial charge < -0.3 is 4.42 Å². The van der Waals surface area contributed by atoms with Gasteiger partial charge in [-0.2, -0.15) is 0 Å². The summed E-state index contributed by atoms with van der Waals surface area (Å²) < 4.78 is 5.26. The number of furan rings is 1. The summed E-state index contributed by atoms with van der Waals surface area (Å²) in [5.41, 5.74) is 1.86. The average molecular weight is 169 g/mol. The Morgan fingerprint density at radius 3 is 2.92 bits per heavy atom. The smallest absolute Gasteiger partial charge is 0.152 e. The molecule has 2 aromatic heterocycles. The highest BCUT2D eigenvalue weighted by atomic mass is 16.3. The molecule has 0 aliphatic carbocycles. The number of fused-ring (bicyclic) bond motifs is 3. The zero-order valence-corrected chi connectivity index (χ0v) is 6.90. The van der Waals surface area contributed by atoms with Gasteiger partial charge in [0.05, 0.1) is 18.0 Å². The van der Waals surface area contributed by atoms with Crippen molar-refractivity contribution in [3.63, 3.8) is 0 Å². The predicted molar refractivity (Wildman–Crippen MR) is 51.5 cm³/mol. The summed E-state index contributed by atoms with van der Waals surface area (Å²) in [4.78, 5) is 4.29. The Hall–Kier alpha value is -1.83. The fourth-order valence-electron chi connectivity index (χ4n) is 1.59. The largest absolute Gasteiger partial charge is 0.463 e. The zero-order valence-electron chi connectivity index (χ0n) is 6.90. The molecule has 1 aromatic carbocycles. The standard InChI is InChI=1S/C11H7NO/c1-2-4-10-8(3-1)9-5-6-13-11(9)7-12-10/h1-7H. The first-order valence-electron chi connectivity index (χ1n) is 4.16. The number of rotatable bonds is 0. The van der Waals surface area contributed by atoms with E-state index in [1.54, 1.807) is 12.5 Å². The van der Waals surface area contributed by atoms with Crippen molar-refractivity contribution in [3.05, 3.63) is 42.8 Å². The number of hydrogen-bond donors (Lipinski definition) is 0. The van der Waals surface area contributed by atoms with E-state index in [-0.39, 0.29) is 0 Å². The van der Waals surface area contributed by atoms with Crippen LogP contribution in [0.3, 0.4) is 0 Å². The van der Waals surface area contributed by atoms with E-state index >= 15 is 0 Å². The molecule has 2 heterocycles. The molecule has 13 heavy (non-hydrogen) atoms. The molecular weight excluding hydrogens is 162 g/mol. The van der Waals surface area contributed by atoms with Crippen LogP contribution in [0.5, 0.6) is 0 Å². The fraction of sp³-hybridized carbons (Fsp3) is 0. The van der Waals surface area contributed by atoms with Crippen LogP contribution in [-0.4, -0.2) is 4.98 Å². The first-order valence-corrected chi connectivity index (χ1v) is 4.16. The molecule has 2 heteroatoms. The Kier molecular flexibility index (Phi) is 1.19. The first kappa shape index (κ1) is 6.66. The van der Waals surface area contributed by atoms with Crippen LogP contribution < -0.4 is 0 Å². The lowest BCUT2D eigenvalue weighted by Crippen LogP contribution is -1.76. The Morgan fingerprint density at radius 1 is 1.00 bits per heavy atom. The average Bonchev–Trinajstić information content (AvgIpc) is 2.65. The van der Waals surface area contributed by atoms with E-state index < -0.39 is 0 Å². The number of aromatic nitrogens is 1. The van der Waals surface area contributed by atoms with Crippen LogP contribution in [0.2, 0.25) is 0 Å². The maximum Gasteiger partial charge on any atom is 0.152 e. The minimum absolute atomic E-state index is 0.846. The minimum atomic E-state index is 0.846. The maximum absolute atomic E-state index is 5.26. The number of nitrogens with zero attached hydrogens (tertiary/aromatic N) is 1. The van der Waals surface area contributed by atoms with Gasteiger partial charge in [-0.05, 0) is 12.1 Å². The SMILES string of the molecule is c1ccc2c(c1)ncc1occc12. The summed E-state index contributed by atoms with van der Waals surface area (Å²) >= 11 is 0. The van der Waals surface area contributed by atoms with Gasteiger partial charge >= 0.3 is 0 Å². The zero-order chi connectivity index (χ0) is 8.67. The highest BCUT2D eigenvalue weighted by molar-refractivity contribution is 6.03. The van der Waals surface area contributed by atoms with Crippen molar-refractivity contribution in [2.75, 3.05) is 0 Å². The monoisotopic (exact) mass is 169 g/mol. The van der Waals surface area contributed by atoms with E-state index in [1.165, 1.54) is 0 Å². The predicted octanol–water partition coefficient (Wildman–Crippen LogP) is 2.98. The van der Waals surface area contributed by atoms with Gasteiger partial charge in [-0.25, -0.2) is 0 Å². The van der Waals surface area contributed by atoms with Gasteiger partial charge in [0.1, 0.15) is 0 Å². The summed E-state index contributed by atoms with van der Waals surface area (Å²) in [6.45, 7) is 0. The third-order valence-corrected chi connectivity index (χ3v) is 2.21. The van der Waals surface area contributed by atoms with Crippen LogP contribution in [0.15, 0.2) is 47.2 Å². The van der Waals surface area contributed by atoms with Crippen molar-refractivity contribution in [3.8, 4) is 0 Å². The number of hydrogen-bond acceptors (Lipinski definition) is 2. The van der Waals surface area contributed by atoms with Crippen LogP contribution in [0.4, 0.5) is 0 Å². The summed E-state index contributed by atoms with van der Waals surface area (Å²) in [6.07, 6.45) is 3.45. The van der Waals surface area contributed by atoms with E-state index in [1.807, 2.05) is 24.3 Å². The van der Waals surface area contributed by atoms with Gasteiger partial charge in [0, 0.05) is 10.8 Å². The molecule has 0 saturated carbocycles. The Morgan fingerprint density at radius 2 is 1.92 bits per heavy atom. The molecule has 3 rings (SSSR count). The highest BCUT2D eigenvalue weighted by Gasteiger charge is 2.01. The van der Waals surface area contributed by atoms with E-state index in [0.29, 0.717) is 0 Å². The van der Waals surface area contributed by atoms with Crippen LogP contribution >= 0.6 is 0 Å². The molecule has 3 aromatic rings. The van der Waals surface area contributed by atoms with Crippen molar-refractivity contribution < 1.29 is 4.42 Å². The number of benzene rings is 1. The Balaban J connectivity index is 2.65. The summed E-state index contributed by atoms with van der Waals surface area (Å²) in [5.74, 6) is 0. The molecule has 0 atom stereocenters. The van der Waals surface area contributed by atoms with Gasteiger partial charge in [-0.3, -0.25) is 4.98 Å². The molecule has 2 nitrogen and oxygen atoms in total. The summed E-state index contributed by atoms with van der Waals surface area (Å²) in [7, 11) is 0. The fourth-order valence-corrected chi connectivity index (χ4v) is 1.59. The van der Waals surface area contributed by atoms with Crippen LogP contribution in [0.1, 0.15) is 0 Å². The second-order valence-corrected chi connectivity index (χ2v) is 2.97. The Bertz CT molecular complexity index is 568. The lowest BCUT2D eigenvalue weighted by molar-refractivity contribution is 0.614. The van der Waals surface area contributed by atoms with Gasteiger partial charge in [0.25, 0.3) is 0 Å². The van der Waals surface area contributed by atoms with Crippen molar-refractivity contribution >= 4 is 21.9 Å². The molecule has 0 unspecified atom stereocenters. The molecule has 0 amide bonds. The molecule has 0 radical (unpaired) electrons.